The van der Waals surface area contributed by atoms with Gasteiger partial charge < -0.3 is 4.90 Å². The molecule has 190 valence electrons. The third-order valence-corrected chi connectivity index (χ3v) is 8.79. The first-order valence-electron chi connectivity index (χ1n) is 12.2. The molecule has 0 spiro atoms. The number of aryl methyl sites for hydroxylation is 2. The Morgan fingerprint density at radius 3 is 2.74 bits per heavy atom. The summed E-state index contributed by atoms with van der Waals surface area (Å²) in [4.78, 5) is 40.4. The summed E-state index contributed by atoms with van der Waals surface area (Å²) in [7, 11) is 0. The van der Waals surface area contributed by atoms with E-state index in [4.69, 9.17) is 21.1 Å². The summed E-state index contributed by atoms with van der Waals surface area (Å²) in [5.41, 5.74) is 4.08. The van der Waals surface area contributed by atoms with E-state index in [1.54, 1.807) is 18.3 Å². The number of rotatable bonds is 5. The number of nitrogens with one attached hydrogen (secondary N) is 1. The van der Waals surface area contributed by atoms with Crippen molar-refractivity contribution in [3.63, 3.8) is 0 Å². The molecule has 7 rings (SSSR count). The highest BCUT2D eigenvalue weighted by Crippen LogP contribution is 2.49. The van der Waals surface area contributed by atoms with E-state index in [1.165, 1.54) is 23.5 Å². The summed E-state index contributed by atoms with van der Waals surface area (Å²) in [6, 6.07) is 10.1. The lowest BCUT2D eigenvalue weighted by Crippen LogP contribution is -2.22. The number of hydrogen-bond acceptors (Lipinski definition) is 7. The van der Waals surface area contributed by atoms with Crippen molar-refractivity contribution in [2.24, 2.45) is 0 Å². The number of carbonyl (C=O) groups is 1. The Balaban J connectivity index is 1.49. The number of amides is 1. The Hall–Kier alpha value is -3.89. The molecule has 11 heteroatoms. The fraction of sp³-hybridized carbons (Fsp3) is 0.222. The van der Waals surface area contributed by atoms with Crippen LogP contribution < -0.4 is 5.76 Å². The molecule has 2 aliphatic heterocycles. The van der Waals surface area contributed by atoms with Crippen LogP contribution in [0.2, 0.25) is 5.15 Å². The average molecular weight is 548 g/mol. The minimum Gasteiger partial charge on any atom is -0.330 e. The van der Waals surface area contributed by atoms with Crippen molar-refractivity contribution in [1.29, 1.82) is 0 Å². The molecular weight excluding hydrogens is 529 g/mol. The van der Waals surface area contributed by atoms with Crippen molar-refractivity contribution in [2.75, 3.05) is 6.54 Å². The molecule has 1 fully saturated rings. The van der Waals surface area contributed by atoms with E-state index in [-0.39, 0.29) is 23.6 Å². The van der Waals surface area contributed by atoms with Crippen molar-refractivity contribution in [2.45, 2.75) is 31.7 Å². The average Bonchev–Trinajstić information content (AvgIpc) is 3.69. The largest absolute Gasteiger partial charge is 0.439 e. The number of carbonyl (C=O) groups excluding carboxylic acids is 1. The maximum absolute atomic E-state index is 13.8. The number of aromatic amines is 1. The van der Waals surface area contributed by atoms with Crippen LogP contribution >= 0.6 is 22.9 Å². The third kappa shape index (κ3) is 3.66. The van der Waals surface area contributed by atoms with Gasteiger partial charge in [-0.25, -0.2) is 14.2 Å². The van der Waals surface area contributed by atoms with Gasteiger partial charge in [0.05, 0.1) is 33.3 Å². The highest BCUT2D eigenvalue weighted by Gasteiger charge is 2.44. The van der Waals surface area contributed by atoms with Crippen molar-refractivity contribution in [1.82, 2.24) is 25.0 Å². The lowest BCUT2D eigenvalue weighted by molar-refractivity contribution is 0.0776. The van der Waals surface area contributed by atoms with E-state index in [2.05, 4.69) is 15.1 Å². The van der Waals surface area contributed by atoms with Crippen molar-refractivity contribution in [3.05, 3.63) is 86.6 Å². The molecule has 0 bridgehead atoms. The van der Waals surface area contributed by atoms with Gasteiger partial charge in [-0.2, -0.15) is 0 Å². The van der Waals surface area contributed by atoms with Gasteiger partial charge in [-0.05, 0) is 60.9 Å². The minimum absolute atomic E-state index is 0.0798. The number of thiophene rings is 1. The first-order chi connectivity index (χ1) is 18.5. The van der Waals surface area contributed by atoms with E-state index in [0.717, 1.165) is 39.1 Å². The molecule has 0 radical (unpaired) electrons. The molecular formula is C27H19ClFN5O3S. The van der Waals surface area contributed by atoms with Gasteiger partial charge in [-0.1, -0.05) is 28.9 Å². The molecule has 0 aliphatic carbocycles. The molecule has 5 aromatic rings. The van der Waals surface area contributed by atoms with Gasteiger partial charge in [0.1, 0.15) is 11.0 Å². The van der Waals surface area contributed by atoms with Crippen LogP contribution in [0.15, 0.2) is 51.9 Å². The summed E-state index contributed by atoms with van der Waals surface area (Å²) in [6.07, 6.45) is 4.45. The van der Waals surface area contributed by atoms with Crippen LogP contribution in [0.1, 0.15) is 46.2 Å². The summed E-state index contributed by atoms with van der Waals surface area (Å²) in [5, 5.41) is 5.28. The van der Waals surface area contributed by atoms with E-state index in [0.29, 0.717) is 46.9 Å². The minimum atomic E-state index is -0.702. The molecule has 38 heavy (non-hydrogen) atoms. The second kappa shape index (κ2) is 8.85. The fourth-order valence-corrected chi connectivity index (χ4v) is 6.91. The zero-order valence-electron chi connectivity index (χ0n) is 19.8. The molecule has 2 aliphatic rings. The molecule has 6 heterocycles. The molecule has 8 nitrogen and oxygen atoms in total. The van der Waals surface area contributed by atoms with Crippen LogP contribution in [0.3, 0.4) is 0 Å². The Morgan fingerprint density at radius 1 is 1.13 bits per heavy atom. The normalized spacial score (nSPS) is 16.4. The summed E-state index contributed by atoms with van der Waals surface area (Å²) in [6.45, 7) is 0.669. The Kier molecular flexibility index (Phi) is 5.41. The zero-order chi connectivity index (χ0) is 26.0. The SMILES string of the molecule is O=C1c2c(nc(CCc3ccc(F)cc3)c(-c3noc(=O)[nH]3)c2-c2cc3ccnc(Cl)c3s2)C2CCCN12. The van der Waals surface area contributed by atoms with Crippen LogP contribution in [-0.4, -0.2) is 37.5 Å². The van der Waals surface area contributed by atoms with Crippen molar-refractivity contribution < 1.29 is 13.7 Å². The molecule has 1 aromatic carbocycles. The highest BCUT2D eigenvalue weighted by molar-refractivity contribution is 7.22. The molecule has 1 atom stereocenters. The van der Waals surface area contributed by atoms with Crippen LogP contribution in [0.5, 0.6) is 0 Å². The second-order valence-corrected chi connectivity index (χ2v) is 10.8. The maximum Gasteiger partial charge on any atom is 0.439 e. The van der Waals surface area contributed by atoms with E-state index in [9.17, 15) is 14.0 Å². The summed E-state index contributed by atoms with van der Waals surface area (Å²) >= 11 is 7.84. The highest BCUT2D eigenvalue weighted by atomic mass is 35.5. The Morgan fingerprint density at radius 2 is 1.97 bits per heavy atom. The van der Waals surface area contributed by atoms with E-state index >= 15 is 0 Å². The van der Waals surface area contributed by atoms with Crippen molar-refractivity contribution >= 4 is 38.9 Å². The number of halogens is 2. The van der Waals surface area contributed by atoms with Gasteiger partial charge in [0.2, 0.25) is 0 Å². The lowest BCUT2D eigenvalue weighted by atomic mass is 9.92. The molecule has 1 saturated heterocycles. The van der Waals surface area contributed by atoms with Crippen LogP contribution in [0.4, 0.5) is 4.39 Å². The lowest BCUT2D eigenvalue weighted by Gasteiger charge is -2.16. The molecule has 0 saturated carbocycles. The number of pyridine rings is 2. The first-order valence-corrected chi connectivity index (χ1v) is 13.4. The quantitative estimate of drug-likeness (QED) is 0.288. The predicted octanol–water partition coefficient (Wildman–Crippen LogP) is 5.57. The van der Waals surface area contributed by atoms with Gasteiger partial charge in [-0.3, -0.25) is 19.3 Å². The number of H-pyrrole nitrogens is 1. The van der Waals surface area contributed by atoms with Gasteiger partial charge >= 0.3 is 5.76 Å². The Bertz CT molecular complexity index is 1800. The van der Waals surface area contributed by atoms with Crippen LogP contribution in [0.25, 0.3) is 31.9 Å². The topological polar surface area (TPSA) is 105 Å². The third-order valence-electron chi connectivity index (χ3n) is 7.22. The Labute approximate surface area is 224 Å². The predicted molar refractivity (Wildman–Crippen MR) is 141 cm³/mol. The summed E-state index contributed by atoms with van der Waals surface area (Å²) in [5.74, 6) is -0.878. The van der Waals surface area contributed by atoms with Crippen LogP contribution in [-0.2, 0) is 12.8 Å². The number of hydrogen-bond donors (Lipinski definition) is 1. The van der Waals surface area contributed by atoms with Crippen molar-refractivity contribution in [3.8, 4) is 21.8 Å². The van der Waals surface area contributed by atoms with E-state index in [1.807, 2.05) is 17.0 Å². The standard InChI is InChI=1S/C27H19ClFN5O3S/c28-24-23-14(9-10-30-24)12-18(38-23)20-19(25-32-27(36)37-33-25)16(8-5-13-3-6-15(29)7-4-13)31-22-17-2-1-11-34(17)26(35)21(20)22/h3-4,6-7,9-10,12,17H,1-2,5,8,11H2,(H,32,33,36). The number of fused-ring (bicyclic) bond motifs is 4. The van der Waals surface area contributed by atoms with Gasteiger partial charge in [0, 0.05) is 23.2 Å². The first kappa shape index (κ1) is 23.2. The van der Waals surface area contributed by atoms with Gasteiger partial charge in [-0.15, -0.1) is 11.3 Å². The number of nitrogens with zero attached hydrogens (tertiary/aromatic N) is 4. The molecule has 1 unspecified atom stereocenters. The van der Waals surface area contributed by atoms with Gasteiger partial charge in [0.15, 0.2) is 5.82 Å². The smallest absolute Gasteiger partial charge is 0.330 e. The molecule has 4 aromatic heterocycles. The molecule has 1 N–H and O–H groups in total. The maximum atomic E-state index is 13.8. The summed E-state index contributed by atoms with van der Waals surface area (Å²) < 4.78 is 19.2. The van der Waals surface area contributed by atoms with E-state index < -0.39 is 5.76 Å². The van der Waals surface area contributed by atoms with Crippen LogP contribution in [0, 0.1) is 5.82 Å². The van der Waals surface area contributed by atoms with Gasteiger partial charge in [0.25, 0.3) is 5.91 Å². The number of benzene rings is 1. The molecule has 1 amide bonds. The zero-order valence-corrected chi connectivity index (χ0v) is 21.4. The second-order valence-electron chi connectivity index (χ2n) is 9.43. The monoisotopic (exact) mass is 547 g/mol. The fourth-order valence-electron chi connectivity index (χ4n) is 5.54. The number of aromatic nitrogens is 4.